The van der Waals surface area contributed by atoms with E-state index in [2.05, 4.69) is 0 Å². The molecule has 0 unspecified atom stereocenters. The quantitative estimate of drug-likeness (QED) is 0.808. The van der Waals surface area contributed by atoms with E-state index < -0.39 is 28.4 Å². The Bertz CT molecular complexity index is 431. The van der Waals surface area contributed by atoms with Crippen molar-refractivity contribution in [1.82, 2.24) is 0 Å². The summed E-state index contributed by atoms with van der Waals surface area (Å²) in [4.78, 5) is -0.0110. The Balaban J connectivity index is 2.87. The Labute approximate surface area is 86.8 Å². The van der Waals surface area contributed by atoms with Crippen LogP contribution in [0.3, 0.4) is 0 Å². The number of sulfone groups is 1. The summed E-state index contributed by atoms with van der Waals surface area (Å²) in [6.45, 7) is 0. The average molecular weight is 235 g/mol. The molecular formula is C9H11F2NO2S. The van der Waals surface area contributed by atoms with E-state index in [4.69, 9.17) is 5.73 Å². The second kappa shape index (κ2) is 4.57. The number of nitrogen functional groups attached to an aromatic ring is 1. The fourth-order valence-corrected chi connectivity index (χ4v) is 2.40. The first kappa shape index (κ1) is 11.9. The molecule has 0 amide bonds. The van der Waals surface area contributed by atoms with Gasteiger partial charge in [-0.1, -0.05) is 6.07 Å². The molecule has 2 N–H and O–H groups in total. The maximum Gasteiger partial charge on any atom is 0.239 e. The Kier molecular flexibility index (Phi) is 3.62. The molecule has 0 fully saturated rings. The molecule has 0 aromatic heterocycles. The van der Waals surface area contributed by atoms with Crippen molar-refractivity contribution < 1.29 is 17.2 Å². The van der Waals surface area contributed by atoms with Crippen molar-refractivity contribution >= 4 is 15.5 Å². The van der Waals surface area contributed by atoms with Crippen LogP contribution >= 0.6 is 0 Å². The van der Waals surface area contributed by atoms with Crippen LogP contribution in [0.15, 0.2) is 29.2 Å². The summed E-state index contributed by atoms with van der Waals surface area (Å²) >= 11 is 0. The summed E-state index contributed by atoms with van der Waals surface area (Å²) in [5.41, 5.74) is 5.70. The first-order valence-electron chi connectivity index (χ1n) is 4.28. The highest BCUT2D eigenvalue weighted by atomic mass is 32.2. The maximum atomic E-state index is 11.9. The lowest BCUT2D eigenvalue weighted by Gasteiger charge is -2.04. The molecule has 0 saturated heterocycles. The smallest absolute Gasteiger partial charge is 0.239 e. The van der Waals surface area contributed by atoms with Gasteiger partial charge < -0.3 is 5.73 Å². The molecule has 0 aliphatic heterocycles. The fourth-order valence-electron chi connectivity index (χ4n) is 1.07. The van der Waals surface area contributed by atoms with E-state index in [1.54, 1.807) is 0 Å². The van der Waals surface area contributed by atoms with Crippen LogP contribution in [0.1, 0.15) is 6.42 Å². The van der Waals surface area contributed by atoms with Gasteiger partial charge in [0.2, 0.25) is 6.43 Å². The van der Waals surface area contributed by atoms with Crippen molar-refractivity contribution in [3.8, 4) is 0 Å². The number of rotatable bonds is 4. The van der Waals surface area contributed by atoms with E-state index in [1.807, 2.05) is 0 Å². The second-order valence-corrected chi connectivity index (χ2v) is 5.18. The van der Waals surface area contributed by atoms with Gasteiger partial charge in [-0.3, -0.25) is 0 Å². The number of benzene rings is 1. The summed E-state index contributed by atoms with van der Waals surface area (Å²) in [6.07, 6.45) is -3.27. The van der Waals surface area contributed by atoms with Gasteiger partial charge in [-0.25, -0.2) is 17.2 Å². The molecule has 0 atom stereocenters. The van der Waals surface area contributed by atoms with Crippen LogP contribution in [0.5, 0.6) is 0 Å². The highest BCUT2D eigenvalue weighted by Crippen LogP contribution is 2.16. The van der Waals surface area contributed by atoms with Crippen LogP contribution in [0, 0.1) is 0 Å². The van der Waals surface area contributed by atoms with Crippen LogP contribution < -0.4 is 5.73 Å². The molecule has 0 bridgehead atoms. The lowest BCUT2D eigenvalue weighted by molar-refractivity contribution is 0.145. The monoisotopic (exact) mass is 235 g/mol. The van der Waals surface area contributed by atoms with Crippen molar-refractivity contribution in [3.05, 3.63) is 24.3 Å². The molecule has 0 radical (unpaired) electrons. The number of nitrogens with two attached hydrogens (primary N) is 1. The van der Waals surface area contributed by atoms with Crippen LogP contribution in [-0.2, 0) is 9.84 Å². The van der Waals surface area contributed by atoms with Gasteiger partial charge in [0.05, 0.1) is 10.6 Å². The van der Waals surface area contributed by atoms with E-state index in [0.717, 1.165) is 0 Å². The molecule has 0 spiro atoms. The maximum absolute atomic E-state index is 11.9. The minimum absolute atomic E-state index is 0.0110. The van der Waals surface area contributed by atoms with Gasteiger partial charge in [-0.15, -0.1) is 0 Å². The zero-order valence-corrected chi connectivity index (χ0v) is 8.68. The van der Waals surface area contributed by atoms with Crippen molar-refractivity contribution in [2.24, 2.45) is 0 Å². The third kappa shape index (κ3) is 3.47. The van der Waals surface area contributed by atoms with Gasteiger partial charge in [0.15, 0.2) is 9.84 Å². The van der Waals surface area contributed by atoms with Gasteiger partial charge in [0, 0.05) is 12.1 Å². The SMILES string of the molecule is Nc1cccc(S(=O)(=O)CCC(F)F)c1. The van der Waals surface area contributed by atoms with Crippen LogP contribution in [-0.4, -0.2) is 20.6 Å². The fraction of sp³-hybridized carbons (Fsp3) is 0.333. The second-order valence-electron chi connectivity index (χ2n) is 3.07. The zero-order chi connectivity index (χ0) is 11.5. The van der Waals surface area contributed by atoms with E-state index >= 15 is 0 Å². The first-order valence-corrected chi connectivity index (χ1v) is 5.93. The molecule has 3 nitrogen and oxygen atoms in total. The van der Waals surface area contributed by atoms with E-state index in [9.17, 15) is 17.2 Å². The van der Waals surface area contributed by atoms with Crippen LogP contribution in [0.2, 0.25) is 0 Å². The van der Waals surface area contributed by atoms with Gasteiger partial charge in [0.1, 0.15) is 0 Å². The highest BCUT2D eigenvalue weighted by Gasteiger charge is 2.17. The summed E-state index contributed by atoms with van der Waals surface area (Å²) < 4.78 is 46.7. The molecule has 0 aliphatic rings. The summed E-state index contributed by atoms with van der Waals surface area (Å²) in [5, 5.41) is 0. The Hall–Kier alpha value is -1.17. The van der Waals surface area contributed by atoms with Gasteiger partial charge in [-0.05, 0) is 18.2 Å². The molecule has 0 saturated carbocycles. The van der Waals surface area contributed by atoms with Gasteiger partial charge >= 0.3 is 0 Å². The van der Waals surface area contributed by atoms with Crippen molar-refractivity contribution in [1.29, 1.82) is 0 Å². The molecule has 1 rings (SSSR count). The predicted molar refractivity (Wildman–Crippen MR) is 53.5 cm³/mol. The minimum atomic E-state index is -3.64. The van der Waals surface area contributed by atoms with Crippen molar-refractivity contribution in [2.45, 2.75) is 17.7 Å². The van der Waals surface area contributed by atoms with Crippen molar-refractivity contribution in [2.75, 3.05) is 11.5 Å². The molecule has 0 aliphatic carbocycles. The number of halogens is 2. The average Bonchev–Trinajstić information content (AvgIpc) is 2.15. The Morgan fingerprint density at radius 3 is 2.53 bits per heavy atom. The lowest BCUT2D eigenvalue weighted by atomic mass is 10.3. The number of hydrogen-bond donors (Lipinski definition) is 1. The number of alkyl halides is 2. The lowest BCUT2D eigenvalue weighted by Crippen LogP contribution is -2.10. The molecule has 6 heteroatoms. The van der Waals surface area contributed by atoms with E-state index in [0.29, 0.717) is 5.69 Å². The van der Waals surface area contributed by atoms with Gasteiger partial charge in [-0.2, -0.15) is 0 Å². The zero-order valence-electron chi connectivity index (χ0n) is 7.86. The van der Waals surface area contributed by atoms with Gasteiger partial charge in [0.25, 0.3) is 0 Å². The molecule has 84 valence electrons. The third-order valence-corrected chi connectivity index (χ3v) is 3.57. The molecular weight excluding hydrogens is 224 g/mol. The van der Waals surface area contributed by atoms with Crippen LogP contribution in [0.4, 0.5) is 14.5 Å². The largest absolute Gasteiger partial charge is 0.399 e. The Morgan fingerprint density at radius 1 is 1.33 bits per heavy atom. The normalized spacial score (nSPS) is 11.9. The predicted octanol–water partition coefficient (Wildman–Crippen LogP) is 1.70. The molecule has 1 aromatic rings. The standard InChI is InChI=1S/C9H11F2NO2S/c10-9(11)4-5-15(13,14)8-3-1-2-7(12)6-8/h1-3,6,9H,4-5,12H2. The minimum Gasteiger partial charge on any atom is -0.399 e. The number of anilines is 1. The Morgan fingerprint density at radius 2 is 2.00 bits per heavy atom. The van der Waals surface area contributed by atoms with E-state index in [-0.39, 0.29) is 4.90 Å². The molecule has 15 heavy (non-hydrogen) atoms. The summed E-state index contributed by atoms with van der Waals surface area (Å²) in [6, 6.07) is 5.62. The molecule has 0 heterocycles. The van der Waals surface area contributed by atoms with Crippen molar-refractivity contribution in [3.63, 3.8) is 0 Å². The summed E-state index contributed by atoms with van der Waals surface area (Å²) in [5.74, 6) is -0.561. The first-order chi connectivity index (χ1) is 6.92. The summed E-state index contributed by atoms with van der Waals surface area (Å²) in [7, 11) is -3.64. The van der Waals surface area contributed by atoms with E-state index in [1.165, 1.54) is 24.3 Å². The number of hydrogen-bond acceptors (Lipinski definition) is 3. The highest BCUT2D eigenvalue weighted by molar-refractivity contribution is 7.91. The molecule has 1 aromatic carbocycles. The van der Waals surface area contributed by atoms with Crippen LogP contribution in [0.25, 0.3) is 0 Å². The topological polar surface area (TPSA) is 60.2 Å². The third-order valence-electron chi connectivity index (χ3n) is 1.82.